The van der Waals surface area contributed by atoms with Crippen molar-refractivity contribution in [1.29, 1.82) is 0 Å². The highest BCUT2D eigenvalue weighted by atomic mass is 32.2. The van der Waals surface area contributed by atoms with Crippen LogP contribution in [0.1, 0.15) is 5.56 Å². The van der Waals surface area contributed by atoms with Gasteiger partial charge >= 0.3 is 0 Å². The van der Waals surface area contributed by atoms with Crippen LogP contribution in [0.3, 0.4) is 0 Å². The lowest BCUT2D eigenvalue weighted by atomic mass is 10.2. The molecule has 1 aliphatic heterocycles. The van der Waals surface area contributed by atoms with Crippen LogP contribution >= 0.6 is 11.8 Å². The van der Waals surface area contributed by atoms with Crippen LogP contribution in [-0.2, 0) is 14.8 Å². The third-order valence-electron chi connectivity index (χ3n) is 4.72. The van der Waals surface area contributed by atoms with E-state index in [4.69, 9.17) is 4.74 Å². The predicted molar refractivity (Wildman–Crippen MR) is 129 cm³/mol. The van der Waals surface area contributed by atoms with Crippen molar-refractivity contribution >= 4 is 39.6 Å². The molecule has 2 aromatic carbocycles. The Hall–Kier alpha value is -3.37. The standard InChI is InChI=1S/C23H22N4O4S2/c28-23(26-25-13-18-6-4-8-20(12-18)31-21-16-32-17-21)15-27(19-7-5-11-24-14-19)33(29,30)22-9-2-1-3-10-22/h1-14,21H,15-17H2,(H,26,28)/b25-13-. The Bertz CT molecular complexity index is 1220. The minimum atomic E-state index is -3.98. The summed E-state index contributed by atoms with van der Waals surface area (Å²) in [5.74, 6) is 2.11. The average molecular weight is 483 g/mol. The SMILES string of the molecule is O=C(CN(c1cccnc1)S(=O)(=O)c1ccccc1)N/N=C\c1cccc(OC2CSC2)c1. The van der Waals surface area contributed by atoms with Gasteiger partial charge in [-0.2, -0.15) is 16.9 Å². The molecule has 1 saturated heterocycles. The molecule has 0 spiro atoms. The molecule has 33 heavy (non-hydrogen) atoms. The van der Waals surface area contributed by atoms with Crippen molar-refractivity contribution in [2.75, 3.05) is 22.4 Å². The molecule has 1 aliphatic rings. The monoisotopic (exact) mass is 482 g/mol. The molecule has 1 fully saturated rings. The maximum absolute atomic E-state index is 13.2. The van der Waals surface area contributed by atoms with Gasteiger partial charge in [0.25, 0.3) is 15.9 Å². The maximum atomic E-state index is 13.2. The van der Waals surface area contributed by atoms with E-state index in [1.165, 1.54) is 30.7 Å². The first-order valence-corrected chi connectivity index (χ1v) is 12.8. The van der Waals surface area contributed by atoms with Crippen molar-refractivity contribution in [2.45, 2.75) is 11.0 Å². The number of nitrogens with zero attached hydrogens (tertiary/aromatic N) is 3. The Balaban J connectivity index is 1.45. The minimum Gasteiger partial charge on any atom is -0.489 e. The van der Waals surface area contributed by atoms with Crippen LogP contribution in [0.15, 0.2) is 89.1 Å². The van der Waals surface area contributed by atoms with E-state index in [0.717, 1.165) is 27.1 Å². The summed E-state index contributed by atoms with van der Waals surface area (Å²) >= 11 is 1.84. The van der Waals surface area contributed by atoms with E-state index in [-0.39, 0.29) is 16.7 Å². The molecule has 10 heteroatoms. The fourth-order valence-electron chi connectivity index (χ4n) is 3.02. The maximum Gasteiger partial charge on any atom is 0.264 e. The number of hydrazone groups is 1. The van der Waals surface area contributed by atoms with Crippen molar-refractivity contribution in [2.24, 2.45) is 5.10 Å². The summed E-state index contributed by atoms with van der Waals surface area (Å²) < 4.78 is 33.2. The number of nitrogens with one attached hydrogen (secondary N) is 1. The molecule has 0 unspecified atom stereocenters. The number of rotatable bonds is 9. The van der Waals surface area contributed by atoms with Gasteiger partial charge < -0.3 is 4.74 Å². The van der Waals surface area contributed by atoms with Crippen LogP contribution in [0.5, 0.6) is 5.75 Å². The summed E-state index contributed by atoms with van der Waals surface area (Å²) in [7, 11) is -3.98. The molecule has 0 radical (unpaired) electrons. The largest absolute Gasteiger partial charge is 0.489 e. The van der Waals surface area contributed by atoms with Gasteiger partial charge in [0.2, 0.25) is 0 Å². The second-order valence-corrected chi connectivity index (χ2v) is 10.1. The number of aromatic nitrogens is 1. The zero-order chi connectivity index (χ0) is 23.1. The summed E-state index contributed by atoms with van der Waals surface area (Å²) in [6.07, 6.45) is 4.64. The summed E-state index contributed by atoms with van der Waals surface area (Å²) in [5.41, 5.74) is 3.43. The highest BCUT2D eigenvalue weighted by Crippen LogP contribution is 2.24. The number of carbonyl (C=O) groups is 1. The first kappa shape index (κ1) is 22.8. The second kappa shape index (κ2) is 10.5. The normalized spacial score (nSPS) is 13.9. The molecular formula is C23H22N4O4S2. The van der Waals surface area contributed by atoms with Crippen molar-refractivity contribution < 1.29 is 17.9 Å². The lowest BCUT2D eigenvalue weighted by Gasteiger charge is -2.25. The fourth-order valence-corrected chi connectivity index (χ4v) is 5.02. The van der Waals surface area contributed by atoms with Crippen LogP contribution < -0.4 is 14.5 Å². The number of sulfonamides is 1. The van der Waals surface area contributed by atoms with Crippen molar-refractivity contribution in [3.05, 3.63) is 84.7 Å². The van der Waals surface area contributed by atoms with Crippen LogP contribution in [0.4, 0.5) is 5.69 Å². The average Bonchev–Trinajstić information content (AvgIpc) is 2.81. The van der Waals surface area contributed by atoms with Gasteiger partial charge in [0, 0.05) is 17.7 Å². The highest BCUT2D eigenvalue weighted by molar-refractivity contribution is 8.00. The Kier molecular flexibility index (Phi) is 7.26. The van der Waals surface area contributed by atoms with E-state index in [0.29, 0.717) is 0 Å². The number of ether oxygens (including phenoxy) is 1. The first-order valence-electron chi connectivity index (χ1n) is 10.2. The van der Waals surface area contributed by atoms with E-state index in [9.17, 15) is 13.2 Å². The highest BCUT2D eigenvalue weighted by Gasteiger charge is 2.27. The number of amides is 1. The number of hydrogen-bond donors (Lipinski definition) is 1. The number of anilines is 1. The van der Waals surface area contributed by atoms with Crippen molar-refractivity contribution in [3.8, 4) is 5.75 Å². The van der Waals surface area contributed by atoms with Crippen LogP contribution in [0, 0.1) is 0 Å². The van der Waals surface area contributed by atoms with Gasteiger partial charge in [-0.3, -0.25) is 14.1 Å². The topological polar surface area (TPSA) is 101 Å². The minimum absolute atomic E-state index is 0.0758. The van der Waals surface area contributed by atoms with Gasteiger partial charge in [-0.15, -0.1) is 0 Å². The molecule has 0 saturated carbocycles. The number of hydrogen-bond acceptors (Lipinski definition) is 7. The van der Waals surface area contributed by atoms with Gasteiger partial charge in [-0.1, -0.05) is 30.3 Å². The van der Waals surface area contributed by atoms with E-state index >= 15 is 0 Å². The Labute approximate surface area is 196 Å². The predicted octanol–water partition coefficient (Wildman–Crippen LogP) is 2.92. The Morgan fingerprint density at radius 3 is 2.67 bits per heavy atom. The Morgan fingerprint density at radius 1 is 1.15 bits per heavy atom. The van der Waals surface area contributed by atoms with E-state index in [1.807, 2.05) is 36.0 Å². The van der Waals surface area contributed by atoms with Crippen LogP contribution in [0.2, 0.25) is 0 Å². The molecule has 3 aromatic rings. The lowest BCUT2D eigenvalue weighted by molar-refractivity contribution is -0.119. The van der Waals surface area contributed by atoms with E-state index in [1.54, 1.807) is 30.3 Å². The number of thioether (sulfide) groups is 1. The van der Waals surface area contributed by atoms with E-state index in [2.05, 4.69) is 15.5 Å². The van der Waals surface area contributed by atoms with Crippen LogP contribution in [0.25, 0.3) is 0 Å². The summed E-state index contributed by atoms with van der Waals surface area (Å²) in [6, 6.07) is 18.5. The molecule has 8 nitrogen and oxygen atoms in total. The van der Waals surface area contributed by atoms with Gasteiger partial charge in [-0.05, 0) is 42.0 Å². The van der Waals surface area contributed by atoms with Gasteiger partial charge in [0.05, 0.1) is 23.0 Å². The molecule has 0 atom stereocenters. The summed E-state index contributed by atoms with van der Waals surface area (Å²) in [4.78, 5) is 16.6. The first-order chi connectivity index (χ1) is 16.0. The molecule has 170 valence electrons. The molecule has 1 aromatic heterocycles. The third kappa shape index (κ3) is 5.91. The number of carbonyl (C=O) groups excluding carboxylic acids is 1. The number of benzene rings is 2. The lowest BCUT2D eigenvalue weighted by Crippen LogP contribution is -2.39. The van der Waals surface area contributed by atoms with Gasteiger partial charge in [-0.25, -0.2) is 13.8 Å². The molecule has 2 heterocycles. The zero-order valence-corrected chi connectivity index (χ0v) is 19.2. The molecule has 1 amide bonds. The third-order valence-corrected chi connectivity index (χ3v) is 7.73. The molecule has 4 rings (SSSR count). The number of pyridine rings is 1. The summed E-state index contributed by atoms with van der Waals surface area (Å²) in [5, 5.41) is 3.98. The molecule has 0 bridgehead atoms. The smallest absolute Gasteiger partial charge is 0.264 e. The molecule has 1 N–H and O–H groups in total. The molecule has 0 aliphatic carbocycles. The second-order valence-electron chi connectivity index (χ2n) is 7.18. The van der Waals surface area contributed by atoms with Crippen molar-refractivity contribution in [1.82, 2.24) is 10.4 Å². The fraction of sp³-hybridized carbons (Fsp3) is 0.174. The quantitative estimate of drug-likeness (QED) is 0.372. The Morgan fingerprint density at radius 2 is 1.97 bits per heavy atom. The van der Waals surface area contributed by atoms with E-state index < -0.39 is 22.5 Å². The molecular weight excluding hydrogens is 460 g/mol. The van der Waals surface area contributed by atoms with Gasteiger partial charge in [0.1, 0.15) is 18.4 Å². The zero-order valence-electron chi connectivity index (χ0n) is 17.6. The van der Waals surface area contributed by atoms with Crippen molar-refractivity contribution in [3.63, 3.8) is 0 Å². The summed E-state index contributed by atoms with van der Waals surface area (Å²) in [6.45, 7) is -0.456. The van der Waals surface area contributed by atoms with Crippen LogP contribution in [-0.4, -0.2) is 49.7 Å². The van der Waals surface area contributed by atoms with Gasteiger partial charge in [0.15, 0.2) is 0 Å².